The zero-order valence-electron chi connectivity index (χ0n) is 13.8. The van der Waals surface area contributed by atoms with Crippen LogP contribution in [0.4, 0.5) is 0 Å². The second-order valence-electron chi connectivity index (χ2n) is 6.40. The number of hydrogen-bond donors (Lipinski definition) is 0. The highest BCUT2D eigenvalue weighted by molar-refractivity contribution is 5.32. The van der Waals surface area contributed by atoms with E-state index >= 15 is 0 Å². The largest absolute Gasteiger partial charge is 0.353 e. The Labute approximate surface area is 134 Å². The van der Waals surface area contributed by atoms with Gasteiger partial charge in [0, 0.05) is 19.2 Å². The lowest BCUT2D eigenvalue weighted by atomic mass is 9.87. The van der Waals surface area contributed by atoms with E-state index in [9.17, 15) is 0 Å². The first-order valence-electron chi connectivity index (χ1n) is 8.93. The fourth-order valence-corrected chi connectivity index (χ4v) is 3.79. The van der Waals surface area contributed by atoms with Gasteiger partial charge in [0.1, 0.15) is 0 Å². The van der Waals surface area contributed by atoms with Gasteiger partial charge in [-0.2, -0.15) is 0 Å². The van der Waals surface area contributed by atoms with Gasteiger partial charge in [-0.1, -0.05) is 31.2 Å². The van der Waals surface area contributed by atoms with Gasteiger partial charge in [0.25, 0.3) is 0 Å². The van der Waals surface area contributed by atoms with Gasteiger partial charge in [-0.15, -0.1) is 0 Å². The van der Waals surface area contributed by atoms with Gasteiger partial charge < -0.3 is 9.47 Å². The van der Waals surface area contributed by atoms with Crippen LogP contribution in [-0.4, -0.2) is 37.5 Å². The Morgan fingerprint density at radius 2 is 2.09 bits per heavy atom. The monoisotopic (exact) mass is 303 g/mol. The van der Waals surface area contributed by atoms with Gasteiger partial charge in [-0.05, 0) is 56.2 Å². The van der Waals surface area contributed by atoms with Crippen molar-refractivity contribution in [2.24, 2.45) is 0 Å². The SMILES string of the molecule is CCN(CCOC1CCCCO1)C1CCCc2ccccc21. The molecule has 1 fully saturated rings. The second-order valence-corrected chi connectivity index (χ2v) is 6.40. The quantitative estimate of drug-likeness (QED) is 0.795. The van der Waals surface area contributed by atoms with Gasteiger partial charge >= 0.3 is 0 Å². The van der Waals surface area contributed by atoms with Crippen LogP contribution in [0.5, 0.6) is 0 Å². The number of hydrogen-bond acceptors (Lipinski definition) is 3. The average molecular weight is 303 g/mol. The molecular weight excluding hydrogens is 274 g/mol. The maximum Gasteiger partial charge on any atom is 0.157 e. The molecule has 3 rings (SSSR count). The van der Waals surface area contributed by atoms with Crippen molar-refractivity contribution in [3.63, 3.8) is 0 Å². The number of benzene rings is 1. The van der Waals surface area contributed by atoms with Crippen LogP contribution in [0.2, 0.25) is 0 Å². The molecule has 1 saturated heterocycles. The summed E-state index contributed by atoms with van der Waals surface area (Å²) in [5.74, 6) is 0. The molecule has 0 radical (unpaired) electrons. The summed E-state index contributed by atoms with van der Waals surface area (Å²) in [6.07, 6.45) is 7.30. The molecule has 0 spiro atoms. The average Bonchev–Trinajstić information content (AvgIpc) is 2.59. The Morgan fingerprint density at radius 3 is 2.91 bits per heavy atom. The molecule has 0 aromatic heterocycles. The van der Waals surface area contributed by atoms with Crippen LogP contribution in [0.15, 0.2) is 24.3 Å². The van der Waals surface area contributed by atoms with Crippen LogP contribution >= 0.6 is 0 Å². The molecule has 1 heterocycles. The third-order valence-corrected chi connectivity index (χ3v) is 5.00. The van der Waals surface area contributed by atoms with Gasteiger partial charge in [0.05, 0.1) is 6.61 Å². The summed E-state index contributed by atoms with van der Waals surface area (Å²) in [5.41, 5.74) is 3.07. The number of ether oxygens (including phenoxy) is 2. The van der Waals surface area contributed by atoms with Gasteiger partial charge in [0.2, 0.25) is 0 Å². The fourth-order valence-electron chi connectivity index (χ4n) is 3.79. The van der Waals surface area contributed by atoms with E-state index in [-0.39, 0.29) is 6.29 Å². The van der Waals surface area contributed by atoms with Gasteiger partial charge in [0.15, 0.2) is 6.29 Å². The molecule has 3 nitrogen and oxygen atoms in total. The van der Waals surface area contributed by atoms with Crippen molar-refractivity contribution >= 4 is 0 Å². The molecule has 2 unspecified atom stereocenters. The van der Waals surface area contributed by atoms with Crippen LogP contribution in [0.1, 0.15) is 56.2 Å². The Bertz CT molecular complexity index is 457. The van der Waals surface area contributed by atoms with E-state index < -0.39 is 0 Å². The molecule has 2 atom stereocenters. The van der Waals surface area contributed by atoms with Crippen molar-refractivity contribution in [2.45, 2.75) is 57.8 Å². The molecule has 1 aliphatic heterocycles. The zero-order valence-corrected chi connectivity index (χ0v) is 13.8. The van der Waals surface area contributed by atoms with E-state index in [0.29, 0.717) is 6.04 Å². The summed E-state index contributed by atoms with van der Waals surface area (Å²) >= 11 is 0. The predicted octanol–water partition coefficient (Wildman–Crippen LogP) is 3.93. The first kappa shape index (κ1) is 16.0. The normalized spacial score (nSPS) is 25.2. The van der Waals surface area contributed by atoms with Crippen LogP contribution < -0.4 is 0 Å². The number of nitrogens with zero attached hydrogens (tertiary/aromatic N) is 1. The van der Waals surface area contributed by atoms with E-state index in [2.05, 4.69) is 36.1 Å². The van der Waals surface area contributed by atoms with Crippen molar-refractivity contribution in [3.05, 3.63) is 35.4 Å². The second kappa shape index (κ2) is 8.09. The van der Waals surface area contributed by atoms with Crippen molar-refractivity contribution in [3.8, 4) is 0 Å². The molecule has 0 amide bonds. The minimum atomic E-state index is 0.0334. The molecule has 0 bridgehead atoms. The molecule has 0 saturated carbocycles. The van der Waals surface area contributed by atoms with Crippen LogP contribution in [0, 0.1) is 0 Å². The third-order valence-electron chi connectivity index (χ3n) is 5.00. The Hall–Kier alpha value is -0.900. The summed E-state index contributed by atoms with van der Waals surface area (Å²) in [7, 11) is 0. The molecule has 1 aromatic carbocycles. The molecular formula is C19H29NO2. The molecule has 1 aromatic rings. The fraction of sp³-hybridized carbons (Fsp3) is 0.684. The van der Waals surface area contributed by atoms with Crippen LogP contribution in [0.3, 0.4) is 0 Å². The lowest BCUT2D eigenvalue weighted by Crippen LogP contribution is -2.35. The first-order valence-corrected chi connectivity index (χ1v) is 8.93. The maximum atomic E-state index is 5.93. The van der Waals surface area contributed by atoms with Crippen LogP contribution in [0.25, 0.3) is 0 Å². The highest BCUT2D eigenvalue weighted by atomic mass is 16.7. The Kier molecular flexibility index (Phi) is 5.88. The lowest BCUT2D eigenvalue weighted by Gasteiger charge is -2.35. The number of fused-ring (bicyclic) bond motifs is 1. The van der Waals surface area contributed by atoms with E-state index in [4.69, 9.17) is 9.47 Å². The lowest BCUT2D eigenvalue weighted by molar-refractivity contribution is -0.165. The standard InChI is InChI=1S/C19H29NO2/c1-2-20(13-15-22-19-12-5-6-14-21-19)18-11-7-9-16-8-3-4-10-17(16)18/h3-4,8,10,18-19H,2,5-7,9,11-15H2,1H3. The predicted molar refractivity (Wildman–Crippen MR) is 88.9 cm³/mol. The number of aryl methyl sites for hydroxylation is 1. The molecule has 1 aliphatic carbocycles. The van der Waals surface area contributed by atoms with E-state index in [1.807, 2.05) is 0 Å². The van der Waals surface area contributed by atoms with E-state index in [0.717, 1.165) is 32.7 Å². The van der Waals surface area contributed by atoms with Crippen LogP contribution in [-0.2, 0) is 15.9 Å². The zero-order chi connectivity index (χ0) is 15.2. The molecule has 22 heavy (non-hydrogen) atoms. The minimum absolute atomic E-state index is 0.0334. The van der Waals surface area contributed by atoms with Gasteiger partial charge in [-0.3, -0.25) is 4.90 Å². The summed E-state index contributed by atoms with van der Waals surface area (Å²) in [6.45, 7) is 5.97. The minimum Gasteiger partial charge on any atom is -0.353 e. The number of rotatable bonds is 6. The molecule has 0 N–H and O–H groups in total. The smallest absolute Gasteiger partial charge is 0.157 e. The van der Waals surface area contributed by atoms with Crippen molar-refractivity contribution in [1.29, 1.82) is 0 Å². The summed E-state index contributed by atoms with van der Waals surface area (Å²) in [4.78, 5) is 2.57. The highest BCUT2D eigenvalue weighted by Gasteiger charge is 2.25. The van der Waals surface area contributed by atoms with Crippen molar-refractivity contribution in [1.82, 2.24) is 4.90 Å². The van der Waals surface area contributed by atoms with Crippen molar-refractivity contribution in [2.75, 3.05) is 26.3 Å². The Morgan fingerprint density at radius 1 is 1.18 bits per heavy atom. The van der Waals surface area contributed by atoms with Crippen molar-refractivity contribution < 1.29 is 9.47 Å². The summed E-state index contributed by atoms with van der Waals surface area (Å²) in [6, 6.07) is 9.51. The molecule has 2 aliphatic rings. The molecule has 3 heteroatoms. The Balaban J connectivity index is 1.55. The van der Waals surface area contributed by atoms with Gasteiger partial charge in [-0.25, -0.2) is 0 Å². The number of likely N-dealkylation sites (N-methyl/N-ethyl adjacent to an activating group) is 1. The highest BCUT2D eigenvalue weighted by Crippen LogP contribution is 2.33. The van der Waals surface area contributed by atoms with E-state index in [1.165, 1.54) is 43.2 Å². The first-order chi connectivity index (χ1) is 10.9. The maximum absolute atomic E-state index is 5.93. The topological polar surface area (TPSA) is 21.7 Å². The molecule has 122 valence electrons. The third kappa shape index (κ3) is 3.89. The summed E-state index contributed by atoms with van der Waals surface area (Å²) in [5, 5.41) is 0. The summed E-state index contributed by atoms with van der Waals surface area (Å²) < 4.78 is 11.6. The van der Waals surface area contributed by atoms with E-state index in [1.54, 1.807) is 0 Å².